The summed E-state index contributed by atoms with van der Waals surface area (Å²) in [6, 6.07) is 9.19. The van der Waals surface area contributed by atoms with E-state index in [-0.39, 0.29) is 30.4 Å². The van der Waals surface area contributed by atoms with Gasteiger partial charge in [0.1, 0.15) is 6.61 Å². The van der Waals surface area contributed by atoms with Crippen molar-refractivity contribution in [3.63, 3.8) is 0 Å². The summed E-state index contributed by atoms with van der Waals surface area (Å²) in [6.07, 6.45) is 9.39. The average molecular weight is 494 g/mol. The average Bonchev–Trinajstić information content (AvgIpc) is 2.88. The SMILES string of the molecule is COC(=O)C(CC1CCCCC1)CP(=O)(OC)C1CCCCC1NC(=O)OCc1ccccc1. The lowest BCUT2D eigenvalue weighted by Crippen LogP contribution is -2.46. The van der Waals surface area contributed by atoms with Crippen molar-refractivity contribution in [1.82, 2.24) is 5.32 Å². The van der Waals surface area contributed by atoms with Crippen molar-refractivity contribution in [1.29, 1.82) is 0 Å². The van der Waals surface area contributed by atoms with Crippen molar-refractivity contribution in [3.8, 4) is 0 Å². The molecule has 0 saturated heterocycles. The van der Waals surface area contributed by atoms with Crippen molar-refractivity contribution in [3.05, 3.63) is 35.9 Å². The van der Waals surface area contributed by atoms with Crippen LogP contribution in [0.25, 0.3) is 0 Å². The molecule has 2 fully saturated rings. The van der Waals surface area contributed by atoms with E-state index < -0.39 is 19.4 Å². The second kappa shape index (κ2) is 13.3. The molecule has 4 atom stereocenters. The van der Waals surface area contributed by atoms with Crippen LogP contribution in [0.2, 0.25) is 0 Å². The molecule has 2 aliphatic carbocycles. The summed E-state index contributed by atoms with van der Waals surface area (Å²) < 4.78 is 30.3. The maximum atomic E-state index is 14.2. The molecule has 0 bridgehead atoms. The van der Waals surface area contributed by atoms with Gasteiger partial charge >= 0.3 is 12.1 Å². The summed E-state index contributed by atoms with van der Waals surface area (Å²) in [6.45, 7) is 0.178. The quantitative estimate of drug-likeness (QED) is 0.322. The van der Waals surface area contributed by atoms with Crippen molar-refractivity contribution in [2.75, 3.05) is 20.4 Å². The molecule has 0 aliphatic heterocycles. The highest BCUT2D eigenvalue weighted by Crippen LogP contribution is 2.57. The number of ether oxygens (including phenoxy) is 2. The number of hydrogen-bond acceptors (Lipinski definition) is 6. The number of amides is 1. The van der Waals surface area contributed by atoms with Crippen molar-refractivity contribution in [2.45, 2.75) is 82.5 Å². The summed E-state index contributed by atoms with van der Waals surface area (Å²) in [4.78, 5) is 25.2. The third-order valence-corrected chi connectivity index (χ3v) is 10.6. The minimum absolute atomic E-state index is 0.161. The first-order valence-electron chi connectivity index (χ1n) is 12.6. The Morgan fingerprint density at radius 3 is 2.35 bits per heavy atom. The molecular weight excluding hydrogens is 453 g/mol. The van der Waals surface area contributed by atoms with Crippen molar-refractivity contribution >= 4 is 19.4 Å². The van der Waals surface area contributed by atoms with Gasteiger partial charge in [0, 0.05) is 19.3 Å². The van der Waals surface area contributed by atoms with Gasteiger partial charge < -0.3 is 19.3 Å². The normalized spacial score (nSPS) is 23.9. The Labute approximate surface area is 203 Å². The van der Waals surface area contributed by atoms with Gasteiger partial charge in [0.15, 0.2) is 0 Å². The molecule has 34 heavy (non-hydrogen) atoms. The molecule has 1 N–H and O–H groups in total. The van der Waals surface area contributed by atoms with E-state index in [9.17, 15) is 14.2 Å². The predicted octanol–water partition coefficient (Wildman–Crippen LogP) is 5.91. The molecule has 2 saturated carbocycles. The fourth-order valence-electron chi connectivity index (χ4n) is 5.56. The highest BCUT2D eigenvalue weighted by Gasteiger charge is 2.44. The van der Waals surface area contributed by atoms with Crippen LogP contribution in [0, 0.1) is 11.8 Å². The van der Waals surface area contributed by atoms with Crippen LogP contribution in [0.15, 0.2) is 30.3 Å². The van der Waals surface area contributed by atoms with Crippen LogP contribution in [0.5, 0.6) is 0 Å². The lowest BCUT2D eigenvalue weighted by Gasteiger charge is -2.37. The largest absolute Gasteiger partial charge is 0.469 e. The van der Waals surface area contributed by atoms with Gasteiger partial charge in [0.25, 0.3) is 0 Å². The molecule has 190 valence electrons. The summed E-state index contributed by atoms with van der Waals surface area (Å²) in [7, 11) is -0.369. The Morgan fingerprint density at radius 1 is 1.00 bits per heavy atom. The molecule has 0 aromatic heterocycles. The molecule has 7 nitrogen and oxygen atoms in total. The van der Waals surface area contributed by atoms with Gasteiger partial charge in [-0.3, -0.25) is 9.36 Å². The van der Waals surface area contributed by atoms with Crippen LogP contribution in [0.4, 0.5) is 4.79 Å². The van der Waals surface area contributed by atoms with E-state index in [0.29, 0.717) is 25.2 Å². The number of methoxy groups -OCH3 is 1. The van der Waals surface area contributed by atoms with E-state index in [1.165, 1.54) is 33.5 Å². The summed E-state index contributed by atoms with van der Waals surface area (Å²) in [5.74, 6) is -0.312. The minimum Gasteiger partial charge on any atom is -0.469 e. The number of nitrogens with one attached hydrogen (secondary N) is 1. The van der Waals surface area contributed by atoms with Crippen LogP contribution in [-0.2, 0) is 30.0 Å². The first kappa shape index (κ1) is 26.7. The lowest BCUT2D eigenvalue weighted by atomic mass is 9.83. The summed E-state index contributed by atoms with van der Waals surface area (Å²) in [5, 5.41) is 2.95. The van der Waals surface area contributed by atoms with Crippen molar-refractivity contribution in [2.24, 2.45) is 11.8 Å². The van der Waals surface area contributed by atoms with Crippen molar-refractivity contribution < 1.29 is 28.2 Å². The molecule has 1 aromatic carbocycles. The standard InChI is InChI=1S/C26H40NO6P/c1-31-25(28)22(17-20-11-5-3-6-12-20)19-34(30,32-2)24-16-10-9-15-23(24)27-26(29)33-18-21-13-7-4-8-14-21/h4,7-8,13-14,20,22-24H,3,5-6,9-12,15-19H2,1-2H3,(H,27,29). The van der Waals surface area contributed by atoms with E-state index >= 15 is 0 Å². The highest BCUT2D eigenvalue weighted by atomic mass is 31.2. The number of carbonyl (C=O) groups excluding carboxylic acids is 2. The van der Waals surface area contributed by atoms with Crippen LogP contribution >= 0.6 is 7.37 Å². The molecule has 8 heteroatoms. The second-order valence-electron chi connectivity index (χ2n) is 9.72. The fraction of sp³-hybridized carbons (Fsp3) is 0.692. The smallest absolute Gasteiger partial charge is 0.407 e. The van der Waals surface area contributed by atoms with E-state index in [1.54, 1.807) is 0 Å². The van der Waals surface area contributed by atoms with E-state index in [2.05, 4.69) is 5.32 Å². The van der Waals surface area contributed by atoms with Gasteiger partial charge in [0.05, 0.1) is 18.7 Å². The number of rotatable bonds is 10. The van der Waals surface area contributed by atoms with Crippen LogP contribution in [0.3, 0.4) is 0 Å². The van der Waals surface area contributed by atoms with E-state index in [0.717, 1.165) is 31.2 Å². The third-order valence-electron chi connectivity index (χ3n) is 7.41. The molecule has 3 rings (SSSR count). The predicted molar refractivity (Wildman–Crippen MR) is 132 cm³/mol. The first-order chi connectivity index (χ1) is 16.4. The van der Waals surface area contributed by atoms with Gasteiger partial charge in [-0.15, -0.1) is 0 Å². The summed E-state index contributed by atoms with van der Waals surface area (Å²) in [5.41, 5.74) is 0.568. The number of hydrogen-bond donors (Lipinski definition) is 1. The van der Waals surface area contributed by atoms with Gasteiger partial charge in [0.2, 0.25) is 7.37 Å². The molecule has 2 aliphatic rings. The van der Waals surface area contributed by atoms with Crippen LogP contribution in [-0.4, -0.2) is 44.1 Å². The number of carbonyl (C=O) groups is 2. The van der Waals surface area contributed by atoms with Crippen LogP contribution in [0.1, 0.15) is 69.8 Å². The minimum atomic E-state index is -3.23. The number of benzene rings is 1. The monoisotopic (exact) mass is 493 g/mol. The van der Waals surface area contributed by atoms with Gasteiger partial charge in [-0.25, -0.2) is 4.79 Å². The highest BCUT2D eigenvalue weighted by molar-refractivity contribution is 7.59. The Hall–Kier alpha value is -1.85. The second-order valence-corrected chi connectivity index (χ2v) is 12.6. The Balaban J connectivity index is 1.66. The molecule has 1 amide bonds. The summed E-state index contributed by atoms with van der Waals surface area (Å²) >= 11 is 0. The molecule has 0 heterocycles. The van der Waals surface area contributed by atoms with Gasteiger partial charge in [-0.05, 0) is 30.7 Å². The Morgan fingerprint density at radius 2 is 1.68 bits per heavy atom. The fourth-order valence-corrected chi connectivity index (χ4v) is 8.51. The Kier molecular flexibility index (Phi) is 10.5. The molecule has 0 spiro atoms. The van der Waals surface area contributed by atoms with Gasteiger partial charge in [-0.2, -0.15) is 0 Å². The molecule has 1 aromatic rings. The zero-order valence-electron chi connectivity index (χ0n) is 20.6. The number of alkyl carbamates (subject to hydrolysis) is 1. The third kappa shape index (κ3) is 7.58. The van der Waals surface area contributed by atoms with Gasteiger partial charge in [-0.1, -0.05) is 75.3 Å². The molecule has 0 radical (unpaired) electrons. The van der Waals surface area contributed by atoms with E-state index in [4.69, 9.17) is 14.0 Å². The van der Waals surface area contributed by atoms with E-state index in [1.807, 2.05) is 30.3 Å². The lowest BCUT2D eigenvalue weighted by molar-refractivity contribution is -0.145. The zero-order valence-corrected chi connectivity index (χ0v) is 21.5. The molecule has 4 unspecified atom stereocenters. The maximum absolute atomic E-state index is 14.2. The maximum Gasteiger partial charge on any atom is 0.407 e. The zero-order chi connectivity index (χ0) is 24.4. The first-order valence-corrected chi connectivity index (χ1v) is 14.5. The topological polar surface area (TPSA) is 90.9 Å². The number of esters is 1. The Bertz CT molecular complexity index is 826. The molecular formula is C26H40NO6P. The van der Waals surface area contributed by atoms with Crippen LogP contribution < -0.4 is 5.32 Å².